The molecule has 1 unspecified atom stereocenters. The van der Waals surface area contributed by atoms with E-state index in [1.54, 1.807) is 12.1 Å². The Balaban J connectivity index is 1.76. The van der Waals surface area contributed by atoms with Crippen LogP contribution in [0.5, 0.6) is 0 Å². The fourth-order valence-corrected chi connectivity index (χ4v) is 3.77. The van der Waals surface area contributed by atoms with Gasteiger partial charge < -0.3 is 10.2 Å². The molecule has 4 amide bonds. The number of carbonyl (C=O) groups is 4. The lowest BCUT2D eigenvalue weighted by Crippen LogP contribution is -2.54. The lowest BCUT2D eigenvalue weighted by atomic mass is 10.0. The van der Waals surface area contributed by atoms with Crippen LogP contribution in [0.1, 0.15) is 52.0 Å². The molecule has 1 atom stereocenters. The van der Waals surface area contributed by atoms with E-state index in [9.17, 15) is 19.2 Å². The number of rotatable bonds is 8. The SMILES string of the molecule is CNCCCCN(C)Cc1cccc2c1C(=O)N(C1CCC(=O)NC1=O)C2=O. The van der Waals surface area contributed by atoms with Crippen molar-refractivity contribution >= 4 is 23.6 Å². The van der Waals surface area contributed by atoms with Gasteiger partial charge in [0.2, 0.25) is 11.8 Å². The molecule has 2 aliphatic rings. The second-order valence-electron chi connectivity index (χ2n) is 7.34. The van der Waals surface area contributed by atoms with Gasteiger partial charge >= 0.3 is 0 Å². The van der Waals surface area contributed by atoms with Crippen LogP contribution in [0, 0.1) is 0 Å². The van der Waals surface area contributed by atoms with E-state index in [-0.39, 0.29) is 18.7 Å². The number of amides is 4. The van der Waals surface area contributed by atoms with E-state index >= 15 is 0 Å². The van der Waals surface area contributed by atoms with Gasteiger partial charge in [-0.05, 0) is 58.1 Å². The number of hydrogen-bond acceptors (Lipinski definition) is 6. The smallest absolute Gasteiger partial charge is 0.262 e. The molecule has 1 fully saturated rings. The molecule has 1 saturated heterocycles. The maximum Gasteiger partial charge on any atom is 0.262 e. The number of unbranched alkanes of at least 4 members (excludes halogenated alkanes) is 1. The summed E-state index contributed by atoms with van der Waals surface area (Å²) in [5.74, 6) is -1.88. The van der Waals surface area contributed by atoms with Gasteiger partial charge in [0.05, 0.1) is 11.1 Å². The number of hydrogen-bond donors (Lipinski definition) is 2. The molecule has 0 aliphatic carbocycles. The lowest BCUT2D eigenvalue weighted by molar-refractivity contribution is -0.136. The van der Waals surface area contributed by atoms with E-state index in [0.717, 1.165) is 36.4 Å². The van der Waals surface area contributed by atoms with Gasteiger partial charge in [-0.15, -0.1) is 0 Å². The molecule has 8 nitrogen and oxygen atoms in total. The van der Waals surface area contributed by atoms with Crippen molar-refractivity contribution in [2.24, 2.45) is 0 Å². The molecule has 0 bridgehead atoms. The number of fused-ring (bicyclic) bond motifs is 1. The number of nitrogens with zero attached hydrogens (tertiary/aromatic N) is 2. The monoisotopic (exact) mass is 386 g/mol. The van der Waals surface area contributed by atoms with E-state index in [0.29, 0.717) is 17.7 Å². The predicted molar refractivity (Wildman–Crippen MR) is 103 cm³/mol. The van der Waals surface area contributed by atoms with Crippen LogP contribution in [-0.2, 0) is 16.1 Å². The third-order valence-corrected chi connectivity index (χ3v) is 5.21. The summed E-state index contributed by atoms with van der Waals surface area (Å²) in [5, 5.41) is 5.34. The third-order valence-electron chi connectivity index (χ3n) is 5.21. The highest BCUT2D eigenvalue weighted by molar-refractivity contribution is 6.24. The predicted octanol–water partition coefficient (Wildman–Crippen LogP) is 0.519. The maximum atomic E-state index is 13.0. The minimum atomic E-state index is -0.933. The number of piperidine rings is 1. The largest absolute Gasteiger partial charge is 0.320 e. The van der Waals surface area contributed by atoms with Gasteiger partial charge in [-0.3, -0.25) is 29.4 Å². The second kappa shape index (κ2) is 8.62. The molecular weight excluding hydrogens is 360 g/mol. The first-order valence-corrected chi connectivity index (χ1v) is 9.60. The Bertz CT molecular complexity index is 807. The minimum Gasteiger partial charge on any atom is -0.320 e. The van der Waals surface area contributed by atoms with Crippen molar-refractivity contribution in [2.75, 3.05) is 27.2 Å². The number of imide groups is 2. The molecule has 28 heavy (non-hydrogen) atoms. The zero-order chi connectivity index (χ0) is 20.3. The molecule has 150 valence electrons. The van der Waals surface area contributed by atoms with E-state index in [1.165, 1.54) is 0 Å². The molecule has 1 aromatic carbocycles. The molecule has 8 heteroatoms. The van der Waals surface area contributed by atoms with E-state index in [1.807, 2.05) is 20.2 Å². The molecule has 0 spiro atoms. The molecule has 0 aromatic heterocycles. The fraction of sp³-hybridized carbons (Fsp3) is 0.500. The molecule has 2 heterocycles. The summed E-state index contributed by atoms with van der Waals surface area (Å²) in [6.07, 6.45) is 2.37. The van der Waals surface area contributed by atoms with Gasteiger partial charge in [-0.25, -0.2) is 0 Å². The summed E-state index contributed by atoms with van der Waals surface area (Å²) in [4.78, 5) is 52.6. The van der Waals surface area contributed by atoms with Crippen LogP contribution in [0.15, 0.2) is 18.2 Å². The van der Waals surface area contributed by atoms with E-state index in [4.69, 9.17) is 0 Å². The van der Waals surface area contributed by atoms with Crippen molar-refractivity contribution in [3.63, 3.8) is 0 Å². The average Bonchev–Trinajstić information content (AvgIpc) is 2.91. The van der Waals surface area contributed by atoms with E-state index < -0.39 is 23.8 Å². The third kappa shape index (κ3) is 3.98. The first-order chi connectivity index (χ1) is 13.4. The van der Waals surface area contributed by atoms with Gasteiger partial charge in [0.25, 0.3) is 11.8 Å². The summed E-state index contributed by atoms with van der Waals surface area (Å²) in [6.45, 7) is 2.39. The highest BCUT2D eigenvalue weighted by Gasteiger charge is 2.45. The van der Waals surface area contributed by atoms with Gasteiger partial charge in [0.15, 0.2) is 0 Å². The van der Waals surface area contributed by atoms with Crippen molar-refractivity contribution in [3.05, 3.63) is 34.9 Å². The Hall–Kier alpha value is -2.58. The summed E-state index contributed by atoms with van der Waals surface area (Å²) < 4.78 is 0. The topological polar surface area (TPSA) is 98.8 Å². The zero-order valence-corrected chi connectivity index (χ0v) is 16.3. The van der Waals surface area contributed by atoms with Crippen LogP contribution < -0.4 is 10.6 Å². The van der Waals surface area contributed by atoms with Gasteiger partial charge in [0.1, 0.15) is 6.04 Å². The van der Waals surface area contributed by atoms with Crippen LogP contribution >= 0.6 is 0 Å². The molecule has 0 radical (unpaired) electrons. The van der Waals surface area contributed by atoms with Crippen molar-refractivity contribution < 1.29 is 19.2 Å². The Morgan fingerprint density at radius 2 is 1.96 bits per heavy atom. The molecule has 0 saturated carbocycles. The summed E-state index contributed by atoms with van der Waals surface area (Å²) in [5.41, 5.74) is 1.48. The van der Waals surface area contributed by atoms with Crippen LogP contribution in [-0.4, -0.2) is 66.7 Å². The van der Waals surface area contributed by atoms with Crippen LogP contribution in [0.25, 0.3) is 0 Å². The first kappa shape index (κ1) is 20.2. The molecule has 2 N–H and O–H groups in total. The minimum absolute atomic E-state index is 0.117. The summed E-state index contributed by atoms with van der Waals surface area (Å²) in [7, 11) is 3.91. The summed E-state index contributed by atoms with van der Waals surface area (Å²) >= 11 is 0. The summed E-state index contributed by atoms with van der Waals surface area (Å²) in [6, 6.07) is 4.31. The molecule has 1 aromatic rings. The van der Waals surface area contributed by atoms with Gasteiger partial charge in [0, 0.05) is 13.0 Å². The highest BCUT2D eigenvalue weighted by Crippen LogP contribution is 2.30. The van der Waals surface area contributed by atoms with Crippen molar-refractivity contribution in [2.45, 2.75) is 38.3 Å². The quantitative estimate of drug-likeness (QED) is 0.499. The van der Waals surface area contributed by atoms with Crippen molar-refractivity contribution in [1.82, 2.24) is 20.4 Å². The Morgan fingerprint density at radius 3 is 2.68 bits per heavy atom. The Labute approximate surface area is 164 Å². The second-order valence-corrected chi connectivity index (χ2v) is 7.34. The standard InChI is InChI=1S/C20H26N4O4/c1-21-10-3-4-11-23(2)12-13-6-5-7-14-17(13)20(28)24(19(14)27)15-8-9-16(25)22-18(15)26/h5-7,15,21H,3-4,8-12H2,1-2H3,(H,22,25,26). The van der Waals surface area contributed by atoms with Gasteiger partial charge in [-0.1, -0.05) is 12.1 Å². The van der Waals surface area contributed by atoms with Crippen LogP contribution in [0.3, 0.4) is 0 Å². The molecule has 3 rings (SSSR count). The molecule has 2 aliphatic heterocycles. The van der Waals surface area contributed by atoms with Crippen molar-refractivity contribution in [1.29, 1.82) is 0 Å². The zero-order valence-electron chi connectivity index (χ0n) is 16.3. The Kier molecular flexibility index (Phi) is 6.21. The number of nitrogens with one attached hydrogen (secondary N) is 2. The first-order valence-electron chi connectivity index (χ1n) is 9.60. The highest BCUT2D eigenvalue weighted by atomic mass is 16.2. The number of benzene rings is 1. The van der Waals surface area contributed by atoms with Crippen LogP contribution in [0.4, 0.5) is 0 Å². The van der Waals surface area contributed by atoms with Crippen molar-refractivity contribution in [3.8, 4) is 0 Å². The molecular formula is C20H26N4O4. The van der Waals surface area contributed by atoms with E-state index in [2.05, 4.69) is 15.5 Å². The Morgan fingerprint density at radius 1 is 1.18 bits per heavy atom. The normalized spacial score (nSPS) is 19.4. The van der Waals surface area contributed by atoms with Crippen LogP contribution in [0.2, 0.25) is 0 Å². The number of carbonyl (C=O) groups excluding carboxylic acids is 4. The van der Waals surface area contributed by atoms with Gasteiger partial charge in [-0.2, -0.15) is 0 Å². The maximum absolute atomic E-state index is 13.0. The lowest BCUT2D eigenvalue weighted by Gasteiger charge is -2.28. The fourth-order valence-electron chi connectivity index (χ4n) is 3.77. The average molecular weight is 386 g/mol.